The molecule has 0 amide bonds. The smallest absolute Gasteiger partial charge is 0.219 e. The van der Waals surface area contributed by atoms with Gasteiger partial charge in [-0.15, -0.1) is 0 Å². The molecule has 0 aromatic carbocycles. The van der Waals surface area contributed by atoms with E-state index in [9.17, 15) is 0 Å². The van der Waals surface area contributed by atoms with Gasteiger partial charge < -0.3 is 20.4 Å². The minimum absolute atomic E-state index is 0.200. The van der Waals surface area contributed by atoms with Gasteiger partial charge in [0.1, 0.15) is 5.52 Å². The number of H-pyrrole nitrogens is 1. The number of ether oxygens (including phenoxy) is 1. The van der Waals surface area contributed by atoms with Crippen LogP contribution in [0.2, 0.25) is 5.28 Å². The lowest BCUT2D eigenvalue weighted by atomic mass is 10.3. The van der Waals surface area contributed by atoms with Crippen LogP contribution in [0.4, 0.5) is 11.8 Å². The summed E-state index contributed by atoms with van der Waals surface area (Å²) in [5.41, 5.74) is 7.39. The highest BCUT2D eigenvalue weighted by Crippen LogP contribution is 2.27. The molecular weight excluding hydrogens is 320 g/mol. The number of nitrogens with zero attached hydrogens (tertiary/aromatic N) is 6. The number of aromatic nitrogens is 6. The number of nitrogens with two attached hydrogens (primary N) is 1. The van der Waals surface area contributed by atoms with Gasteiger partial charge in [0.15, 0.2) is 17.3 Å². The van der Waals surface area contributed by atoms with Crippen LogP contribution in [0.3, 0.4) is 0 Å². The van der Waals surface area contributed by atoms with E-state index in [1.807, 2.05) is 0 Å². The first-order valence-electron chi connectivity index (χ1n) is 7.04. The van der Waals surface area contributed by atoms with Crippen LogP contribution in [0.15, 0.2) is 12.4 Å². The van der Waals surface area contributed by atoms with Gasteiger partial charge in [-0.05, 0) is 11.6 Å². The summed E-state index contributed by atoms with van der Waals surface area (Å²) in [6.45, 7) is 2.77. The Kier molecular flexibility index (Phi) is 3.43. The molecule has 9 nitrogen and oxygen atoms in total. The molecule has 0 aliphatic carbocycles. The van der Waals surface area contributed by atoms with E-state index in [1.54, 1.807) is 12.4 Å². The summed E-state index contributed by atoms with van der Waals surface area (Å²) in [5, 5.41) is 0.273. The largest absolute Gasteiger partial charge is 0.378 e. The number of halogens is 1. The van der Waals surface area contributed by atoms with Gasteiger partial charge >= 0.3 is 0 Å². The second-order valence-electron chi connectivity index (χ2n) is 5.03. The van der Waals surface area contributed by atoms with Gasteiger partial charge in [0, 0.05) is 25.5 Å². The second kappa shape index (κ2) is 5.60. The zero-order chi connectivity index (χ0) is 15.8. The van der Waals surface area contributed by atoms with Crippen molar-refractivity contribution in [3.05, 3.63) is 17.7 Å². The van der Waals surface area contributed by atoms with E-state index >= 15 is 0 Å². The van der Waals surface area contributed by atoms with Crippen molar-refractivity contribution >= 4 is 34.5 Å². The Labute approximate surface area is 135 Å². The Morgan fingerprint density at radius 1 is 1.13 bits per heavy atom. The van der Waals surface area contributed by atoms with Gasteiger partial charge in [-0.3, -0.25) is 0 Å². The lowest BCUT2D eigenvalue weighted by Crippen LogP contribution is -2.37. The normalized spacial score (nSPS) is 15.3. The Bertz CT molecular complexity index is 843. The maximum atomic E-state index is 5.99. The monoisotopic (exact) mass is 332 g/mol. The highest BCUT2D eigenvalue weighted by molar-refractivity contribution is 6.29. The van der Waals surface area contributed by atoms with Crippen LogP contribution in [0.1, 0.15) is 0 Å². The molecule has 4 heterocycles. The first kappa shape index (κ1) is 14.1. The van der Waals surface area contributed by atoms with Crippen LogP contribution in [-0.2, 0) is 4.74 Å². The zero-order valence-corrected chi connectivity index (χ0v) is 12.8. The zero-order valence-electron chi connectivity index (χ0n) is 12.0. The highest BCUT2D eigenvalue weighted by Gasteiger charge is 2.20. The van der Waals surface area contributed by atoms with E-state index in [4.69, 9.17) is 22.1 Å². The molecule has 10 heteroatoms. The van der Waals surface area contributed by atoms with Crippen molar-refractivity contribution in [1.82, 2.24) is 29.9 Å². The predicted octanol–water partition coefficient (Wildman–Crippen LogP) is 0.882. The van der Waals surface area contributed by atoms with E-state index in [0.29, 0.717) is 35.8 Å². The maximum absolute atomic E-state index is 5.99. The third-order valence-corrected chi connectivity index (χ3v) is 3.72. The fraction of sp³-hybridized carbons (Fsp3) is 0.308. The van der Waals surface area contributed by atoms with Crippen molar-refractivity contribution in [3.63, 3.8) is 0 Å². The Morgan fingerprint density at radius 3 is 2.61 bits per heavy atom. The van der Waals surface area contributed by atoms with Gasteiger partial charge in [0.05, 0.1) is 18.8 Å². The lowest BCUT2D eigenvalue weighted by Gasteiger charge is -2.28. The number of morpholine rings is 1. The fourth-order valence-corrected chi connectivity index (χ4v) is 2.62. The number of rotatable bonds is 2. The first-order valence-corrected chi connectivity index (χ1v) is 7.42. The van der Waals surface area contributed by atoms with E-state index in [2.05, 4.69) is 34.8 Å². The predicted molar refractivity (Wildman–Crippen MR) is 85.2 cm³/mol. The molecule has 3 aromatic rings. The first-order chi connectivity index (χ1) is 11.2. The summed E-state index contributed by atoms with van der Waals surface area (Å²) in [5.74, 6) is 1.41. The van der Waals surface area contributed by atoms with Crippen LogP contribution in [0.25, 0.3) is 22.6 Å². The molecule has 4 rings (SSSR count). The number of nitrogen functional groups attached to an aromatic ring is 1. The number of nitrogens with one attached hydrogen (secondary N) is 1. The van der Waals surface area contributed by atoms with Gasteiger partial charge in [0.2, 0.25) is 11.2 Å². The van der Waals surface area contributed by atoms with Gasteiger partial charge in [-0.2, -0.15) is 4.98 Å². The van der Waals surface area contributed by atoms with Crippen LogP contribution in [0, 0.1) is 0 Å². The third-order valence-electron chi connectivity index (χ3n) is 3.54. The molecule has 3 aromatic heterocycles. The van der Waals surface area contributed by atoms with Gasteiger partial charge in [-0.25, -0.2) is 19.9 Å². The summed E-state index contributed by atoms with van der Waals surface area (Å²) >= 11 is 5.99. The van der Waals surface area contributed by atoms with Crippen molar-refractivity contribution in [2.45, 2.75) is 0 Å². The molecule has 1 aliphatic rings. The van der Waals surface area contributed by atoms with Crippen molar-refractivity contribution < 1.29 is 4.74 Å². The summed E-state index contributed by atoms with van der Waals surface area (Å²) in [4.78, 5) is 26.4. The van der Waals surface area contributed by atoms with Crippen molar-refractivity contribution in [2.75, 3.05) is 36.9 Å². The molecule has 1 aliphatic heterocycles. The number of aromatic amines is 1. The molecule has 0 atom stereocenters. The summed E-state index contributed by atoms with van der Waals surface area (Å²) in [6, 6.07) is 0. The number of fused-ring (bicyclic) bond motifs is 1. The second-order valence-corrected chi connectivity index (χ2v) is 5.38. The lowest BCUT2D eigenvalue weighted by molar-refractivity contribution is 0.122. The third kappa shape index (κ3) is 2.64. The SMILES string of the molecule is Nc1ncc(-c2nc(N3CCOCC3)c3[nH]c(Cl)nc3n2)cn1. The number of hydrogen-bond acceptors (Lipinski definition) is 8. The van der Waals surface area contributed by atoms with Gasteiger partial charge in [0.25, 0.3) is 0 Å². The minimum Gasteiger partial charge on any atom is -0.378 e. The van der Waals surface area contributed by atoms with Crippen LogP contribution in [-0.4, -0.2) is 56.2 Å². The van der Waals surface area contributed by atoms with Crippen LogP contribution >= 0.6 is 11.6 Å². The Morgan fingerprint density at radius 2 is 1.87 bits per heavy atom. The molecule has 1 saturated heterocycles. The van der Waals surface area contributed by atoms with Crippen molar-refractivity contribution in [3.8, 4) is 11.4 Å². The van der Waals surface area contributed by atoms with E-state index in [1.165, 1.54) is 0 Å². The standard InChI is InChI=1S/C13H13ClN8O/c14-12-18-8-10(21-12)19-9(7-5-16-13(15)17-6-7)20-11(8)22-1-3-23-4-2-22/h5-6H,1-4H2,(H2,15,16,17)(H,18,19,20,21). The minimum atomic E-state index is 0.200. The van der Waals surface area contributed by atoms with Crippen molar-refractivity contribution in [1.29, 1.82) is 0 Å². The molecule has 23 heavy (non-hydrogen) atoms. The highest BCUT2D eigenvalue weighted by atomic mass is 35.5. The maximum Gasteiger partial charge on any atom is 0.219 e. The Hall–Kier alpha value is -2.52. The molecule has 1 fully saturated rings. The molecule has 0 radical (unpaired) electrons. The quantitative estimate of drug-likeness (QED) is 0.664. The molecule has 0 unspecified atom stereocenters. The number of hydrogen-bond donors (Lipinski definition) is 2. The molecule has 3 N–H and O–H groups in total. The van der Waals surface area contributed by atoms with E-state index in [-0.39, 0.29) is 11.2 Å². The summed E-state index contributed by atoms with van der Waals surface area (Å²) in [6.07, 6.45) is 3.17. The van der Waals surface area contributed by atoms with Crippen LogP contribution < -0.4 is 10.6 Å². The van der Waals surface area contributed by atoms with E-state index in [0.717, 1.165) is 18.9 Å². The summed E-state index contributed by atoms with van der Waals surface area (Å²) < 4.78 is 5.40. The molecule has 118 valence electrons. The summed E-state index contributed by atoms with van der Waals surface area (Å²) in [7, 11) is 0. The molecular formula is C13H13ClN8O. The van der Waals surface area contributed by atoms with Crippen LogP contribution in [0.5, 0.6) is 0 Å². The molecule has 0 saturated carbocycles. The number of anilines is 2. The average molecular weight is 333 g/mol. The van der Waals surface area contributed by atoms with Crippen molar-refractivity contribution in [2.24, 2.45) is 0 Å². The van der Waals surface area contributed by atoms with E-state index < -0.39 is 0 Å². The van der Waals surface area contributed by atoms with Gasteiger partial charge in [-0.1, -0.05) is 0 Å². The fourth-order valence-electron chi connectivity index (χ4n) is 2.44. The Balaban J connectivity index is 1.87. The molecule has 0 bridgehead atoms. The average Bonchev–Trinajstić information content (AvgIpc) is 2.95. The molecule has 0 spiro atoms. The topological polar surface area (TPSA) is 119 Å². The number of imidazole rings is 1.